The minimum atomic E-state index is -3.59. The van der Waals surface area contributed by atoms with E-state index in [1.165, 1.54) is 16.4 Å². The lowest BCUT2D eigenvalue weighted by atomic mass is 10.2. The average molecular weight is 445 g/mol. The van der Waals surface area contributed by atoms with Crippen molar-refractivity contribution in [3.05, 3.63) is 77.6 Å². The van der Waals surface area contributed by atoms with Gasteiger partial charge >= 0.3 is 0 Å². The number of hydrogen-bond donors (Lipinski definition) is 0. The number of rotatable bonds is 5. The van der Waals surface area contributed by atoms with Crippen LogP contribution in [-0.2, 0) is 21.2 Å². The Hall–Kier alpha value is -2.68. The molecule has 0 unspecified atom stereocenters. The first-order chi connectivity index (χ1) is 14.4. The zero-order chi connectivity index (χ0) is 21.1. The Labute approximate surface area is 180 Å². The molecule has 1 aliphatic heterocycles. The summed E-state index contributed by atoms with van der Waals surface area (Å²) in [5, 5.41) is 4.80. The lowest BCUT2D eigenvalue weighted by Crippen LogP contribution is -2.50. The van der Waals surface area contributed by atoms with Crippen LogP contribution in [0, 0.1) is 0 Å². The molecule has 0 atom stereocenters. The predicted molar refractivity (Wildman–Crippen MR) is 114 cm³/mol. The largest absolute Gasteiger partial charge is 0.340 e. The summed E-state index contributed by atoms with van der Waals surface area (Å²) in [6, 6.07) is 15.8. The number of piperazine rings is 1. The molecule has 0 saturated carbocycles. The molecule has 0 aliphatic carbocycles. The van der Waals surface area contributed by atoms with E-state index < -0.39 is 10.0 Å². The van der Waals surface area contributed by atoms with E-state index in [0.29, 0.717) is 18.1 Å². The van der Waals surface area contributed by atoms with E-state index in [1.54, 1.807) is 27.9 Å². The Morgan fingerprint density at radius 2 is 1.63 bits per heavy atom. The van der Waals surface area contributed by atoms with E-state index in [1.807, 2.05) is 36.5 Å². The Morgan fingerprint density at radius 3 is 2.30 bits per heavy atom. The standard InChI is InChI=1S/C21H21ClN4O3S/c22-18-6-8-20(9-7-18)30(28,29)25-12-10-24(11-13-25)21(27)14-17-15-23-26(16-17)19-4-2-1-3-5-19/h1-9,15-16H,10-14H2. The fourth-order valence-corrected chi connectivity index (χ4v) is 4.94. The maximum absolute atomic E-state index is 12.8. The highest BCUT2D eigenvalue weighted by atomic mass is 35.5. The second-order valence-corrected chi connectivity index (χ2v) is 9.42. The highest BCUT2D eigenvalue weighted by Crippen LogP contribution is 2.20. The van der Waals surface area contributed by atoms with Crippen LogP contribution >= 0.6 is 11.6 Å². The second kappa shape index (κ2) is 8.59. The van der Waals surface area contributed by atoms with Crippen molar-refractivity contribution in [3.63, 3.8) is 0 Å². The third kappa shape index (κ3) is 4.40. The molecule has 1 saturated heterocycles. The summed E-state index contributed by atoms with van der Waals surface area (Å²) in [6.45, 7) is 1.25. The van der Waals surface area contributed by atoms with Gasteiger partial charge in [0.25, 0.3) is 0 Å². The van der Waals surface area contributed by atoms with Gasteiger partial charge in [-0.15, -0.1) is 0 Å². The summed E-state index contributed by atoms with van der Waals surface area (Å²) in [5.41, 5.74) is 1.75. The number of amides is 1. The molecule has 0 bridgehead atoms. The van der Waals surface area contributed by atoms with Crippen molar-refractivity contribution >= 4 is 27.5 Å². The van der Waals surface area contributed by atoms with Crippen LogP contribution in [-0.4, -0.2) is 59.5 Å². The number of halogens is 1. The molecule has 30 heavy (non-hydrogen) atoms. The molecule has 156 valence electrons. The third-order valence-electron chi connectivity index (χ3n) is 5.05. The van der Waals surface area contributed by atoms with Gasteiger partial charge in [0.2, 0.25) is 15.9 Å². The van der Waals surface area contributed by atoms with Crippen molar-refractivity contribution in [1.82, 2.24) is 19.0 Å². The molecule has 4 rings (SSSR count). The molecule has 0 radical (unpaired) electrons. The summed E-state index contributed by atoms with van der Waals surface area (Å²) in [4.78, 5) is 14.6. The molecular formula is C21H21ClN4O3S. The van der Waals surface area contributed by atoms with Gasteiger partial charge in [0.1, 0.15) is 0 Å². The average Bonchev–Trinajstić information content (AvgIpc) is 3.23. The maximum atomic E-state index is 12.8. The molecular weight excluding hydrogens is 424 g/mol. The Balaban J connectivity index is 1.36. The second-order valence-electron chi connectivity index (χ2n) is 7.04. The van der Waals surface area contributed by atoms with Gasteiger partial charge in [-0.3, -0.25) is 4.79 Å². The summed E-state index contributed by atoms with van der Waals surface area (Å²) < 4.78 is 28.7. The fraction of sp³-hybridized carbons (Fsp3) is 0.238. The first-order valence-corrected chi connectivity index (χ1v) is 11.4. The highest BCUT2D eigenvalue weighted by Gasteiger charge is 2.30. The number of hydrogen-bond acceptors (Lipinski definition) is 4. The smallest absolute Gasteiger partial charge is 0.243 e. The Bertz CT molecular complexity index is 1120. The minimum absolute atomic E-state index is 0.0360. The zero-order valence-electron chi connectivity index (χ0n) is 16.2. The minimum Gasteiger partial charge on any atom is -0.340 e. The van der Waals surface area contributed by atoms with E-state index >= 15 is 0 Å². The lowest BCUT2D eigenvalue weighted by molar-refractivity contribution is -0.131. The van der Waals surface area contributed by atoms with E-state index in [0.717, 1.165) is 11.3 Å². The van der Waals surface area contributed by atoms with Crippen LogP contribution in [0.3, 0.4) is 0 Å². The number of nitrogens with zero attached hydrogens (tertiary/aromatic N) is 4. The van der Waals surface area contributed by atoms with Crippen molar-refractivity contribution in [1.29, 1.82) is 0 Å². The van der Waals surface area contributed by atoms with Crippen molar-refractivity contribution in [2.24, 2.45) is 0 Å². The molecule has 2 heterocycles. The van der Waals surface area contributed by atoms with Crippen LogP contribution in [0.5, 0.6) is 0 Å². The van der Waals surface area contributed by atoms with E-state index in [-0.39, 0.29) is 30.3 Å². The first-order valence-electron chi connectivity index (χ1n) is 9.56. The number of carbonyl (C=O) groups is 1. The normalized spacial score (nSPS) is 15.3. The number of sulfonamides is 1. The van der Waals surface area contributed by atoms with Gasteiger partial charge in [-0.05, 0) is 42.0 Å². The van der Waals surface area contributed by atoms with Crippen molar-refractivity contribution in [2.45, 2.75) is 11.3 Å². The highest BCUT2D eigenvalue weighted by molar-refractivity contribution is 7.89. The van der Waals surface area contributed by atoms with Gasteiger partial charge in [-0.25, -0.2) is 13.1 Å². The lowest BCUT2D eigenvalue weighted by Gasteiger charge is -2.34. The van der Waals surface area contributed by atoms with Gasteiger partial charge < -0.3 is 4.90 Å². The first kappa shape index (κ1) is 20.6. The predicted octanol–water partition coefficient (Wildman–Crippen LogP) is 2.60. The van der Waals surface area contributed by atoms with Gasteiger partial charge in [-0.1, -0.05) is 29.8 Å². The summed E-state index contributed by atoms with van der Waals surface area (Å²) >= 11 is 5.85. The number of carbonyl (C=O) groups excluding carboxylic acids is 1. The fourth-order valence-electron chi connectivity index (χ4n) is 3.39. The molecule has 1 aromatic heterocycles. The van der Waals surface area contributed by atoms with E-state index in [4.69, 9.17) is 11.6 Å². The molecule has 0 N–H and O–H groups in total. The topological polar surface area (TPSA) is 75.5 Å². The molecule has 7 nitrogen and oxygen atoms in total. The zero-order valence-corrected chi connectivity index (χ0v) is 17.8. The number of para-hydroxylation sites is 1. The molecule has 9 heteroatoms. The molecule has 1 aliphatic rings. The molecule has 2 aromatic carbocycles. The van der Waals surface area contributed by atoms with E-state index in [2.05, 4.69) is 5.10 Å². The van der Waals surface area contributed by atoms with Crippen molar-refractivity contribution in [2.75, 3.05) is 26.2 Å². The molecule has 3 aromatic rings. The van der Waals surface area contributed by atoms with Gasteiger partial charge in [0.15, 0.2) is 0 Å². The Kier molecular flexibility index (Phi) is 5.90. The van der Waals surface area contributed by atoms with Crippen molar-refractivity contribution < 1.29 is 13.2 Å². The number of benzene rings is 2. The van der Waals surface area contributed by atoms with Crippen LogP contribution in [0.25, 0.3) is 5.69 Å². The molecule has 1 amide bonds. The van der Waals surface area contributed by atoms with Crippen LogP contribution in [0.15, 0.2) is 71.9 Å². The summed E-state index contributed by atoms with van der Waals surface area (Å²) in [6.07, 6.45) is 3.76. The van der Waals surface area contributed by atoms with Crippen LogP contribution in [0.4, 0.5) is 0 Å². The SMILES string of the molecule is O=C(Cc1cnn(-c2ccccc2)c1)N1CCN(S(=O)(=O)c2ccc(Cl)cc2)CC1. The van der Waals surface area contributed by atoms with Gasteiger partial charge in [-0.2, -0.15) is 9.40 Å². The summed E-state index contributed by atoms with van der Waals surface area (Å²) in [7, 11) is -3.59. The molecule has 1 fully saturated rings. The van der Waals surface area contributed by atoms with Crippen LogP contribution < -0.4 is 0 Å². The van der Waals surface area contributed by atoms with Gasteiger partial charge in [0.05, 0.1) is 23.2 Å². The molecule has 0 spiro atoms. The maximum Gasteiger partial charge on any atom is 0.243 e. The quantitative estimate of drug-likeness (QED) is 0.606. The number of aromatic nitrogens is 2. The van der Waals surface area contributed by atoms with Crippen LogP contribution in [0.2, 0.25) is 5.02 Å². The third-order valence-corrected chi connectivity index (χ3v) is 7.22. The van der Waals surface area contributed by atoms with Crippen LogP contribution in [0.1, 0.15) is 5.56 Å². The monoisotopic (exact) mass is 444 g/mol. The van der Waals surface area contributed by atoms with E-state index in [9.17, 15) is 13.2 Å². The Morgan fingerprint density at radius 1 is 0.967 bits per heavy atom. The van der Waals surface area contributed by atoms with Gasteiger partial charge in [0, 0.05) is 37.4 Å². The summed E-state index contributed by atoms with van der Waals surface area (Å²) in [5.74, 6) is -0.0360. The van der Waals surface area contributed by atoms with Crippen molar-refractivity contribution in [3.8, 4) is 5.69 Å².